The zero-order valence-electron chi connectivity index (χ0n) is 25.1. The molecule has 8 nitrogen and oxygen atoms in total. The molecular weight excluding hydrogens is 637 g/mol. The summed E-state index contributed by atoms with van der Waals surface area (Å²) in [5.41, 5.74) is 1.31. The first-order valence-corrected chi connectivity index (χ1v) is 21.0. The summed E-state index contributed by atoms with van der Waals surface area (Å²) in [6.07, 6.45) is 9.14. The molecule has 4 saturated carbocycles. The van der Waals surface area contributed by atoms with Crippen LogP contribution < -0.4 is 9.44 Å². The van der Waals surface area contributed by atoms with Crippen molar-refractivity contribution in [1.82, 2.24) is 9.44 Å². The molecule has 2 aromatic carbocycles. The summed E-state index contributed by atoms with van der Waals surface area (Å²) in [6.45, 7) is 3.89. The van der Waals surface area contributed by atoms with E-state index in [1.165, 1.54) is 0 Å². The van der Waals surface area contributed by atoms with Crippen LogP contribution in [-0.2, 0) is 29.5 Å². The highest BCUT2D eigenvalue weighted by molar-refractivity contribution is 8.77. The molecular formula is C32H40N2O6S4. The zero-order chi connectivity index (χ0) is 30.6. The van der Waals surface area contributed by atoms with Gasteiger partial charge < -0.3 is 9.47 Å². The standard InChI is InChI=1S/C32H40N2O6S4/c1-21-5-9-23(10-6-21)43(35,36)33-25-17-29-13-3-15-31(29,39-29)19-27(25)41-42-28-20-32-16-4-14-30(32,40-32)18-26(28)34-44(37,38)24-11-7-22(2)8-12-24/h5-12,25-28,33-34H,3-4,13-20H2,1-2H3/t25-,26?,27-,28?,29-,30-,31+,32+/m1/s1. The van der Waals surface area contributed by atoms with Gasteiger partial charge in [-0.05, 0) is 102 Å². The summed E-state index contributed by atoms with van der Waals surface area (Å²) in [7, 11) is -4.00. The van der Waals surface area contributed by atoms with Crippen molar-refractivity contribution in [2.75, 3.05) is 0 Å². The van der Waals surface area contributed by atoms with Crippen LogP contribution >= 0.6 is 21.6 Å². The van der Waals surface area contributed by atoms with Crippen LogP contribution in [-0.4, -0.2) is 61.8 Å². The molecule has 6 fully saturated rings. The molecule has 0 bridgehead atoms. The molecule has 2 heterocycles. The number of aryl methyl sites for hydroxylation is 2. The molecule has 44 heavy (non-hydrogen) atoms. The average Bonchev–Trinajstić information content (AvgIpc) is 3.68. The molecule has 0 radical (unpaired) electrons. The van der Waals surface area contributed by atoms with Crippen molar-refractivity contribution in [3.63, 3.8) is 0 Å². The Morgan fingerprint density at radius 1 is 0.591 bits per heavy atom. The van der Waals surface area contributed by atoms with Crippen LogP contribution in [0.5, 0.6) is 0 Å². The van der Waals surface area contributed by atoms with Crippen LogP contribution in [0, 0.1) is 13.8 Å². The second-order valence-corrected chi connectivity index (χ2v) is 20.2. The van der Waals surface area contributed by atoms with Crippen LogP contribution in [0.3, 0.4) is 0 Å². The van der Waals surface area contributed by atoms with E-state index in [-0.39, 0.29) is 54.8 Å². The van der Waals surface area contributed by atoms with Gasteiger partial charge in [-0.3, -0.25) is 0 Å². The third kappa shape index (κ3) is 4.84. The Balaban J connectivity index is 1.03. The predicted octanol–water partition coefficient (Wildman–Crippen LogP) is 5.39. The minimum Gasteiger partial charge on any atom is -0.362 e. The Labute approximate surface area is 268 Å². The van der Waals surface area contributed by atoms with Gasteiger partial charge in [0.05, 0.1) is 32.2 Å². The SMILES string of the molecule is Cc1ccc(S(=O)(=O)NC2C[C@]34CCC[C@@]3(CC2SS[C@@H]2C[C@@]35CCC[C@]3(C[C@H]2NS(=O)(=O)c2ccc(C)cc2)O5)O4)cc1. The number of sulfonamides is 2. The Morgan fingerprint density at radius 2 is 0.932 bits per heavy atom. The normalized spacial score (nSPS) is 40.5. The molecule has 0 amide bonds. The van der Waals surface area contributed by atoms with Crippen molar-refractivity contribution >= 4 is 41.6 Å². The molecule has 2 N–H and O–H groups in total. The first kappa shape index (κ1) is 30.2. The molecule has 238 valence electrons. The lowest BCUT2D eigenvalue weighted by atomic mass is 9.79. The lowest BCUT2D eigenvalue weighted by Crippen LogP contribution is -2.51. The molecule has 2 saturated heterocycles. The van der Waals surface area contributed by atoms with Crippen LogP contribution in [0.15, 0.2) is 58.3 Å². The number of hydrogen-bond donors (Lipinski definition) is 2. The van der Waals surface area contributed by atoms with Crippen molar-refractivity contribution in [3.05, 3.63) is 59.7 Å². The monoisotopic (exact) mass is 676 g/mol. The Hall–Kier alpha value is -1.12. The number of hydrogen-bond acceptors (Lipinski definition) is 8. The minimum atomic E-state index is -3.72. The van der Waals surface area contributed by atoms with Gasteiger partial charge in [0.1, 0.15) is 0 Å². The molecule has 2 unspecified atom stereocenters. The molecule has 4 aliphatic carbocycles. The van der Waals surface area contributed by atoms with Gasteiger partial charge in [-0.2, -0.15) is 0 Å². The van der Waals surface area contributed by atoms with E-state index in [1.54, 1.807) is 45.9 Å². The molecule has 12 heteroatoms. The van der Waals surface area contributed by atoms with Gasteiger partial charge in [-0.1, -0.05) is 57.0 Å². The Morgan fingerprint density at radius 3 is 1.30 bits per heavy atom. The van der Waals surface area contributed by atoms with E-state index in [2.05, 4.69) is 9.44 Å². The average molecular weight is 677 g/mol. The fourth-order valence-electron chi connectivity index (χ4n) is 8.91. The minimum absolute atomic E-state index is 0.00353. The Bertz CT molecular complexity index is 1560. The number of benzene rings is 2. The molecule has 2 aliphatic heterocycles. The molecule has 0 spiro atoms. The van der Waals surface area contributed by atoms with Gasteiger partial charge in [-0.15, -0.1) is 0 Å². The van der Waals surface area contributed by atoms with Crippen molar-refractivity contribution in [2.45, 2.75) is 133 Å². The first-order valence-electron chi connectivity index (χ1n) is 15.8. The molecule has 8 rings (SSSR count). The molecule has 0 aromatic heterocycles. The van der Waals surface area contributed by atoms with Crippen molar-refractivity contribution in [2.24, 2.45) is 0 Å². The topological polar surface area (TPSA) is 117 Å². The maximum atomic E-state index is 13.5. The fourth-order valence-corrected chi connectivity index (χ4v) is 15.3. The quantitative estimate of drug-likeness (QED) is 0.269. The number of rotatable bonds is 9. The first-order chi connectivity index (χ1) is 20.9. The lowest BCUT2D eigenvalue weighted by molar-refractivity contribution is 0.215. The van der Waals surface area contributed by atoms with E-state index in [0.29, 0.717) is 12.8 Å². The number of nitrogens with one attached hydrogen (secondary N) is 2. The van der Waals surface area contributed by atoms with E-state index in [9.17, 15) is 16.8 Å². The summed E-state index contributed by atoms with van der Waals surface area (Å²) in [5, 5.41) is -0.00706. The van der Waals surface area contributed by atoms with Crippen molar-refractivity contribution < 1.29 is 26.3 Å². The summed E-state index contributed by atoms with van der Waals surface area (Å²) in [6, 6.07) is 13.4. The van der Waals surface area contributed by atoms with Gasteiger partial charge in [0.15, 0.2) is 0 Å². The largest absolute Gasteiger partial charge is 0.362 e. The van der Waals surface area contributed by atoms with Gasteiger partial charge in [0.2, 0.25) is 20.0 Å². The maximum Gasteiger partial charge on any atom is 0.240 e. The molecule has 2 aromatic rings. The third-order valence-corrected chi connectivity index (χ3v) is 17.7. The fraction of sp³-hybridized carbons (Fsp3) is 0.625. The van der Waals surface area contributed by atoms with Crippen LogP contribution in [0.4, 0.5) is 0 Å². The highest BCUT2D eigenvalue weighted by Gasteiger charge is 2.76. The molecule has 6 aliphatic rings. The summed E-state index contributed by atoms with van der Waals surface area (Å²) in [4.78, 5) is 0.551. The van der Waals surface area contributed by atoms with Crippen LogP contribution in [0.1, 0.15) is 75.3 Å². The summed E-state index contributed by atoms with van der Waals surface area (Å²) >= 11 is 0. The summed E-state index contributed by atoms with van der Waals surface area (Å²) < 4.78 is 73.2. The predicted molar refractivity (Wildman–Crippen MR) is 173 cm³/mol. The number of epoxide rings is 2. The smallest absolute Gasteiger partial charge is 0.240 e. The zero-order valence-corrected chi connectivity index (χ0v) is 28.3. The molecule has 8 atom stereocenters. The van der Waals surface area contributed by atoms with E-state index < -0.39 is 20.0 Å². The highest BCUT2D eigenvalue weighted by Crippen LogP contribution is 2.70. The second-order valence-electron chi connectivity index (χ2n) is 14.1. The number of ether oxygens (including phenoxy) is 2. The maximum absolute atomic E-state index is 13.5. The Kier molecular flexibility index (Phi) is 7.00. The van der Waals surface area contributed by atoms with Crippen molar-refractivity contribution in [1.29, 1.82) is 0 Å². The second kappa shape index (κ2) is 10.2. The van der Waals surface area contributed by atoms with Gasteiger partial charge in [0, 0.05) is 22.6 Å². The summed E-state index contributed by atoms with van der Waals surface area (Å²) in [5.74, 6) is 0. The van der Waals surface area contributed by atoms with Crippen LogP contribution in [0.25, 0.3) is 0 Å². The van der Waals surface area contributed by atoms with Gasteiger partial charge in [-0.25, -0.2) is 26.3 Å². The highest BCUT2D eigenvalue weighted by atomic mass is 33.1. The third-order valence-electron chi connectivity index (χ3n) is 11.3. The van der Waals surface area contributed by atoms with Gasteiger partial charge >= 0.3 is 0 Å². The van der Waals surface area contributed by atoms with Crippen molar-refractivity contribution in [3.8, 4) is 0 Å². The van der Waals surface area contributed by atoms with Gasteiger partial charge in [0.25, 0.3) is 0 Å². The van der Waals surface area contributed by atoms with E-state index >= 15 is 0 Å². The van der Waals surface area contributed by atoms with E-state index in [1.807, 2.05) is 38.1 Å². The van der Waals surface area contributed by atoms with Crippen LogP contribution in [0.2, 0.25) is 0 Å². The van der Waals surface area contributed by atoms with E-state index in [0.717, 1.165) is 62.5 Å². The lowest BCUT2D eigenvalue weighted by Gasteiger charge is -2.38. The van der Waals surface area contributed by atoms with E-state index in [4.69, 9.17) is 9.47 Å².